The monoisotopic (exact) mass is 376 g/mol. The van der Waals surface area contributed by atoms with Crippen LogP contribution < -0.4 is 5.56 Å². The Hall–Kier alpha value is -0.790. The van der Waals surface area contributed by atoms with Gasteiger partial charge in [0.05, 0.1) is 21.5 Å². The molecule has 0 aliphatic heterocycles. The van der Waals surface area contributed by atoms with E-state index in [0.717, 1.165) is 3.79 Å². The third-order valence-electron chi connectivity index (χ3n) is 2.02. The van der Waals surface area contributed by atoms with Gasteiger partial charge in [-0.2, -0.15) is 0 Å². The molecule has 0 saturated carbocycles. The number of aromatic nitrogens is 2. The van der Waals surface area contributed by atoms with Crippen molar-refractivity contribution in [1.82, 2.24) is 9.55 Å². The standard InChI is InChI=1S/C10H6Br2N2O2S/c11-6-3-13-5-14(10(6)16)4-7(15)8-1-2-9(12)17-8/h1-3,5H,4H2. The minimum atomic E-state index is -0.260. The predicted molar refractivity (Wildman–Crippen MR) is 72.5 cm³/mol. The molecule has 88 valence electrons. The molecule has 2 aromatic rings. The molecule has 0 radical (unpaired) electrons. The van der Waals surface area contributed by atoms with Crippen LogP contribution in [-0.2, 0) is 6.54 Å². The minimum absolute atomic E-state index is 0.00176. The van der Waals surface area contributed by atoms with Crippen molar-refractivity contribution in [2.45, 2.75) is 6.54 Å². The summed E-state index contributed by atoms with van der Waals surface area (Å²) in [5.74, 6) is -0.109. The zero-order chi connectivity index (χ0) is 12.4. The number of halogens is 2. The smallest absolute Gasteiger partial charge is 0.268 e. The van der Waals surface area contributed by atoms with E-state index in [0.29, 0.717) is 9.35 Å². The Morgan fingerprint density at radius 2 is 2.18 bits per heavy atom. The highest BCUT2D eigenvalue weighted by Crippen LogP contribution is 2.22. The first-order valence-electron chi connectivity index (χ1n) is 4.56. The summed E-state index contributed by atoms with van der Waals surface area (Å²) in [4.78, 5) is 28.0. The summed E-state index contributed by atoms with van der Waals surface area (Å²) in [6, 6.07) is 3.54. The minimum Gasteiger partial charge on any atom is -0.291 e. The van der Waals surface area contributed by atoms with Crippen molar-refractivity contribution in [2.75, 3.05) is 0 Å². The Morgan fingerprint density at radius 3 is 2.82 bits per heavy atom. The van der Waals surface area contributed by atoms with E-state index in [1.165, 1.54) is 28.4 Å². The van der Waals surface area contributed by atoms with Crippen LogP contribution in [0.15, 0.2) is 37.7 Å². The molecule has 0 fully saturated rings. The van der Waals surface area contributed by atoms with E-state index in [1.54, 1.807) is 12.1 Å². The molecule has 0 N–H and O–H groups in total. The van der Waals surface area contributed by atoms with E-state index >= 15 is 0 Å². The van der Waals surface area contributed by atoms with Crippen molar-refractivity contribution in [3.8, 4) is 0 Å². The molecule has 0 unspecified atom stereocenters. The van der Waals surface area contributed by atoms with Gasteiger partial charge in [0.25, 0.3) is 5.56 Å². The molecule has 0 bridgehead atoms. The van der Waals surface area contributed by atoms with Crippen LogP contribution in [0.3, 0.4) is 0 Å². The fourth-order valence-corrected chi connectivity index (χ4v) is 2.90. The van der Waals surface area contributed by atoms with Crippen LogP contribution in [0.2, 0.25) is 0 Å². The van der Waals surface area contributed by atoms with Crippen molar-refractivity contribution in [2.24, 2.45) is 0 Å². The summed E-state index contributed by atoms with van der Waals surface area (Å²) in [6.45, 7) is -0.00176. The number of nitrogens with zero attached hydrogens (tertiary/aromatic N) is 2. The van der Waals surface area contributed by atoms with Gasteiger partial charge in [-0.1, -0.05) is 0 Å². The van der Waals surface area contributed by atoms with E-state index in [-0.39, 0.29) is 17.9 Å². The zero-order valence-corrected chi connectivity index (χ0v) is 12.4. The van der Waals surface area contributed by atoms with Gasteiger partial charge in [0.15, 0.2) is 5.78 Å². The van der Waals surface area contributed by atoms with Gasteiger partial charge in [0.2, 0.25) is 0 Å². The molecular formula is C10H6Br2N2O2S. The summed E-state index contributed by atoms with van der Waals surface area (Å²) in [6.07, 6.45) is 2.76. The number of carbonyl (C=O) groups is 1. The lowest BCUT2D eigenvalue weighted by atomic mass is 10.3. The molecule has 4 nitrogen and oxygen atoms in total. The molecule has 0 spiro atoms. The van der Waals surface area contributed by atoms with Gasteiger partial charge in [-0.05, 0) is 44.0 Å². The van der Waals surface area contributed by atoms with Crippen LogP contribution in [0.1, 0.15) is 9.67 Å². The first-order chi connectivity index (χ1) is 8.08. The molecular weight excluding hydrogens is 372 g/mol. The van der Waals surface area contributed by atoms with Crippen LogP contribution in [0, 0.1) is 0 Å². The second kappa shape index (κ2) is 5.24. The summed E-state index contributed by atoms with van der Waals surface area (Å²) >= 11 is 7.72. The van der Waals surface area contributed by atoms with E-state index < -0.39 is 0 Å². The van der Waals surface area contributed by atoms with Gasteiger partial charge in [0, 0.05) is 6.20 Å². The van der Waals surface area contributed by atoms with Gasteiger partial charge in [0.1, 0.15) is 4.47 Å². The number of ketones is 1. The number of Topliss-reactive ketones (excluding diaryl/α,β-unsaturated/α-hetero) is 1. The van der Waals surface area contributed by atoms with Crippen LogP contribution in [-0.4, -0.2) is 15.3 Å². The van der Waals surface area contributed by atoms with Gasteiger partial charge < -0.3 is 0 Å². The Labute approximate surface area is 118 Å². The Kier molecular flexibility index (Phi) is 3.90. The fourth-order valence-electron chi connectivity index (χ4n) is 1.23. The summed E-state index contributed by atoms with van der Waals surface area (Å²) in [7, 11) is 0. The third kappa shape index (κ3) is 2.91. The molecule has 0 saturated heterocycles. The van der Waals surface area contributed by atoms with Gasteiger partial charge >= 0.3 is 0 Å². The van der Waals surface area contributed by atoms with Crippen LogP contribution >= 0.6 is 43.2 Å². The first-order valence-corrected chi connectivity index (χ1v) is 6.96. The Balaban J connectivity index is 2.25. The SMILES string of the molecule is O=C(Cn1cncc(Br)c1=O)c1ccc(Br)s1. The maximum absolute atomic E-state index is 11.9. The second-order valence-electron chi connectivity index (χ2n) is 3.20. The van der Waals surface area contributed by atoms with Crippen LogP contribution in [0.4, 0.5) is 0 Å². The highest BCUT2D eigenvalue weighted by Gasteiger charge is 2.11. The maximum Gasteiger partial charge on any atom is 0.268 e. The average molecular weight is 378 g/mol. The first kappa shape index (κ1) is 12.7. The summed E-state index contributed by atoms with van der Waals surface area (Å²) in [5, 5.41) is 0. The summed E-state index contributed by atoms with van der Waals surface area (Å²) < 4.78 is 2.51. The summed E-state index contributed by atoms with van der Waals surface area (Å²) in [5.41, 5.74) is -0.260. The lowest BCUT2D eigenvalue weighted by molar-refractivity contribution is 0.0974. The van der Waals surface area contributed by atoms with E-state index in [4.69, 9.17) is 0 Å². The normalized spacial score (nSPS) is 10.5. The molecule has 17 heavy (non-hydrogen) atoms. The fraction of sp³-hybridized carbons (Fsp3) is 0.100. The van der Waals surface area contributed by atoms with Crippen molar-refractivity contribution < 1.29 is 4.79 Å². The zero-order valence-electron chi connectivity index (χ0n) is 8.39. The number of hydrogen-bond acceptors (Lipinski definition) is 4. The topological polar surface area (TPSA) is 52.0 Å². The molecule has 0 amide bonds. The van der Waals surface area contributed by atoms with Crippen molar-refractivity contribution >= 4 is 49.0 Å². The van der Waals surface area contributed by atoms with Gasteiger partial charge in [-0.25, -0.2) is 4.98 Å². The highest BCUT2D eigenvalue weighted by molar-refractivity contribution is 9.11. The average Bonchev–Trinajstić information content (AvgIpc) is 2.72. The van der Waals surface area contributed by atoms with Crippen LogP contribution in [0.25, 0.3) is 0 Å². The van der Waals surface area contributed by atoms with Crippen LogP contribution in [0.5, 0.6) is 0 Å². The predicted octanol–water partition coefficient (Wildman–Crippen LogP) is 2.71. The second-order valence-corrected chi connectivity index (χ2v) is 6.52. The number of thiophene rings is 1. The van der Waals surface area contributed by atoms with Crippen molar-refractivity contribution in [1.29, 1.82) is 0 Å². The molecule has 0 aliphatic rings. The number of hydrogen-bond donors (Lipinski definition) is 0. The number of rotatable bonds is 3. The van der Waals surface area contributed by atoms with E-state index in [2.05, 4.69) is 36.8 Å². The molecule has 2 rings (SSSR count). The molecule has 2 heterocycles. The van der Waals surface area contributed by atoms with Gasteiger partial charge in [-0.15, -0.1) is 11.3 Å². The Morgan fingerprint density at radius 1 is 1.41 bits per heavy atom. The maximum atomic E-state index is 11.9. The highest BCUT2D eigenvalue weighted by atomic mass is 79.9. The van der Waals surface area contributed by atoms with Gasteiger partial charge in [-0.3, -0.25) is 14.2 Å². The van der Waals surface area contributed by atoms with E-state index in [9.17, 15) is 9.59 Å². The van der Waals surface area contributed by atoms with E-state index in [1.807, 2.05) is 0 Å². The molecule has 7 heteroatoms. The largest absolute Gasteiger partial charge is 0.291 e. The molecule has 0 aliphatic carbocycles. The molecule has 0 aromatic carbocycles. The van der Waals surface area contributed by atoms with Crippen molar-refractivity contribution in [3.05, 3.63) is 48.1 Å². The quantitative estimate of drug-likeness (QED) is 0.772. The Bertz CT molecular complexity index is 621. The van der Waals surface area contributed by atoms with Crippen molar-refractivity contribution in [3.63, 3.8) is 0 Å². The molecule has 0 atom stereocenters. The lowest BCUT2D eigenvalue weighted by Gasteiger charge is -2.02. The molecule has 2 aromatic heterocycles. The third-order valence-corrected chi connectivity index (χ3v) is 4.23. The lowest BCUT2D eigenvalue weighted by Crippen LogP contribution is -2.24. The number of carbonyl (C=O) groups excluding carboxylic acids is 1.